The second kappa shape index (κ2) is 5.42. The number of benzene rings is 2. The smallest absolute Gasteiger partial charge is 0.0800 e. The summed E-state index contributed by atoms with van der Waals surface area (Å²) in [4.78, 5) is 0. The maximum atomic E-state index is 6.08. The minimum Gasteiger partial charge on any atom is -0.0819 e. The zero-order chi connectivity index (χ0) is 13.8. The van der Waals surface area contributed by atoms with Crippen LogP contribution in [0.15, 0.2) is 0 Å². The first-order valence-corrected chi connectivity index (χ1v) is 7.29. The zero-order valence-corrected chi connectivity index (χ0v) is 14.1. The number of fused-ring (bicyclic) bond motifs is 1. The molecule has 0 atom stereocenters. The van der Waals surface area contributed by atoms with Crippen LogP contribution >= 0.6 is 92.8 Å². The van der Waals surface area contributed by atoms with E-state index >= 15 is 0 Å². The molecule has 18 heavy (non-hydrogen) atoms. The van der Waals surface area contributed by atoms with Gasteiger partial charge in [-0.25, -0.2) is 0 Å². The Balaban J connectivity index is 3.22. The van der Waals surface area contributed by atoms with Gasteiger partial charge in [-0.2, -0.15) is 0 Å². The minimum absolute atomic E-state index is 0.0761. The lowest BCUT2D eigenvalue weighted by Gasteiger charge is -2.14. The van der Waals surface area contributed by atoms with E-state index in [-0.39, 0.29) is 40.2 Å². The molecule has 0 nitrogen and oxygen atoms in total. The molecule has 2 aromatic rings. The molecule has 0 amide bonds. The van der Waals surface area contributed by atoms with Crippen molar-refractivity contribution < 1.29 is 0 Å². The van der Waals surface area contributed by atoms with E-state index in [2.05, 4.69) is 0 Å². The number of hydrogen-bond donors (Lipinski definition) is 0. The molecule has 96 valence electrons. The summed E-state index contributed by atoms with van der Waals surface area (Å²) in [6.45, 7) is 0. The summed E-state index contributed by atoms with van der Waals surface area (Å²) in [5.41, 5.74) is 0. The molecule has 0 aliphatic rings. The van der Waals surface area contributed by atoms with Crippen LogP contribution in [0.2, 0.25) is 40.2 Å². The van der Waals surface area contributed by atoms with E-state index in [1.54, 1.807) is 0 Å². The number of rotatable bonds is 0. The molecule has 0 unspecified atom stereocenters. The molecule has 0 saturated heterocycles. The fourth-order valence-electron chi connectivity index (χ4n) is 1.46. The van der Waals surface area contributed by atoms with Crippen LogP contribution in [0, 0.1) is 0 Å². The zero-order valence-electron chi connectivity index (χ0n) is 8.02. The first-order valence-electron chi connectivity index (χ1n) is 4.26. The van der Waals surface area contributed by atoms with E-state index in [1.807, 2.05) is 0 Å². The van der Waals surface area contributed by atoms with Crippen molar-refractivity contribution in [3.05, 3.63) is 40.2 Å². The van der Waals surface area contributed by atoms with Crippen LogP contribution in [0.1, 0.15) is 0 Å². The van der Waals surface area contributed by atoms with Crippen LogP contribution in [-0.2, 0) is 0 Å². The van der Waals surface area contributed by atoms with Crippen molar-refractivity contribution in [1.29, 1.82) is 0 Å². The van der Waals surface area contributed by atoms with Gasteiger partial charge in [-0.3, -0.25) is 0 Å². The van der Waals surface area contributed by atoms with Gasteiger partial charge in [-0.05, 0) is 0 Å². The Morgan fingerprint density at radius 1 is 0.278 bits per heavy atom. The lowest BCUT2D eigenvalue weighted by atomic mass is 10.7. The summed E-state index contributed by atoms with van der Waals surface area (Å²) in [6.07, 6.45) is 0. The maximum Gasteiger partial charge on any atom is 0.0800 e. The van der Waals surface area contributed by atoms with E-state index in [1.165, 1.54) is 0 Å². The minimum atomic E-state index is 0.0761. The van der Waals surface area contributed by atoms with E-state index in [4.69, 9.17) is 92.8 Å². The molecule has 2 aromatic carbocycles. The Labute approximate surface area is 143 Å². The van der Waals surface area contributed by atoms with Crippen LogP contribution in [0.3, 0.4) is 0 Å². The van der Waals surface area contributed by atoms with E-state index < -0.39 is 0 Å². The van der Waals surface area contributed by atoms with Crippen molar-refractivity contribution in [3.8, 4) is 0 Å². The van der Waals surface area contributed by atoms with Gasteiger partial charge < -0.3 is 0 Å². The van der Waals surface area contributed by atoms with Gasteiger partial charge in [0.15, 0.2) is 0 Å². The Hall–Kier alpha value is 1.02. The van der Waals surface area contributed by atoms with Gasteiger partial charge >= 0.3 is 0 Å². The number of halogens is 8. The highest BCUT2D eigenvalue weighted by Crippen LogP contribution is 2.52. The predicted octanol–water partition coefficient (Wildman–Crippen LogP) is 8.07. The summed E-state index contributed by atoms with van der Waals surface area (Å²) >= 11 is 48.1. The lowest BCUT2D eigenvalue weighted by molar-refractivity contribution is 1.73. The highest BCUT2D eigenvalue weighted by molar-refractivity contribution is 6.61. The third-order valence-corrected chi connectivity index (χ3v) is 5.89. The molecule has 0 aromatic heterocycles. The molecule has 0 aliphatic carbocycles. The second-order valence-corrected chi connectivity index (χ2v) is 6.29. The quantitative estimate of drug-likeness (QED) is 0.304. The molecule has 0 bridgehead atoms. The summed E-state index contributed by atoms with van der Waals surface area (Å²) in [7, 11) is 0. The fourth-order valence-corrected chi connectivity index (χ4v) is 3.64. The molecule has 2 rings (SSSR count). The Morgan fingerprint density at radius 3 is 0.611 bits per heavy atom. The van der Waals surface area contributed by atoms with Gasteiger partial charge in [0.2, 0.25) is 0 Å². The average molecular weight is 412 g/mol. The monoisotopic (exact) mass is 408 g/mol. The van der Waals surface area contributed by atoms with E-state index in [0.29, 0.717) is 10.8 Å². The van der Waals surface area contributed by atoms with Crippen LogP contribution < -0.4 is 0 Å². The summed E-state index contributed by atoms with van der Waals surface area (Å²) in [5, 5.41) is 1.41. The van der Waals surface area contributed by atoms with E-state index in [9.17, 15) is 0 Å². The van der Waals surface area contributed by atoms with Crippen LogP contribution in [0.25, 0.3) is 10.8 Å². The molecule has 0 fully saturated rings. The SMILES string of the molecule is Clc1c(Cl)[13c](Cl)[13c]2[13c](Cl)[13c](Cl)[13c](Cl)[13c](Cl)[13c]2[13c]1Cl. The van der Waals surface area contributed by atoms with Gasteiger partial charge in [0.25, 0.3) is 0 Å². The molecular weight excluding hydrogens is 412 g/mol. The van der Waals surface area contributed by atoms with Crippen molar-refractivity contribution in [2.75, 3.05) is 0 Å². The van der Waals surface area contributed by atoms with Crippen molar-refractivity contribution >= 4 is 104 Å². The van der Waals surface area contributed by atoms with Gasteiger partial charge in [0, 0.05) is 10.8 Å². The largest absolute Gasteiger partial charge is 0.0819 e. The van der Waals surface area contributed by atoms with Gasteiger partial charge in [-0.15, -0.1) is 0 Å². The highest BCUT2D eigenvalue weighted by atomic mass is 35.5. The average Bonchev–Trinajstić information content (AvgIpc) is 2.35. The first-order chi connectivity index (χ1) is 8.29. The Kier molecular flexibility index (Phi) is 4.64. The van der Waals surface area contributed by atoms with Crippen molar-refractivity contribution in [1.82, 2.24) is 0 Å². The third kappa shape index (κ3) is 2.16. The molecule has 0 heterocycles. The van der Waals surface area contributed by atoms with Crippen molar-refractivity contribution in [2.45, 2.75) is 0 Å². The summed E-state index contributed by atoms with van der Waals surface area (Å²) < 4.78 is 0. The maximum absolute atomic E-state index is 6.08. The molecule has 8 heteroatoms. The van der Waals surface area contributed by atoms with Gasteiger partial charge in [0.05, 0.1) is 40.2 Å². The van der Waals surface area contributed by atoms with E-state index in [0.717, 1.165) is 0 Å². The molecule has 0 N–H and O–H groups in total. The molecule has 0 spiro atoms. The summed E-state index contributed by atoms with van der Waals surface area (Å²) in [6, 6.07) is 0. The van der Waals surface area contributed by atoms with Crippen LogP contribution in [0.5, 0.6) is 0 Å². The second-order valence-electron chi connectivity index (χ2n) is 3.26. The van der Waals surface area contributed by atoms with Crippen LogP contribution in [0.4, 0.5) is 0 Å². The van der Waals surface area contributed by atoms with Gasteiger partial charge in [-0.1, -0.05) is 92.8 Å². The summed E-state index contributed by atoms with van der Waals surface area (Å²) in [5.74, 6) is 0. The Bertz CT molecular complexity index is 563. The Morgan fingerprint density at radius 2 is 0.444 bits per heavy atom. The van der Waals surface area contributed by atoms with Crippen LogP contribution in [-0.4, -0.2) is 0 Å². The molecule has 0 aliphatic heterocycles. The standard InChI is InChI=1S/C10Cl8/c11-3-1-2(5(13)9(17)7(3)15)6(14)10(18)8(16)4(1)12/i1+1,2+1,3+1,4+1,5+1,6+1,7+1,9+1. The molecular formula is C10Cl8. The first kappa shape index (κ1) is 15.4. The van der Waals surface area contributed by atoms with Crippen molar-refractivity contribution in [2.24, 2.45) is 0 Å². The number of hydrogen-bond acceptors (Lipinski definition) is 0. The molecule has 0 saturated carbocycles. The van der Waals surface area contributed by atoms with Crippen molar-refractivity contribution in [3.63, 3.8) is 0 Å². The topological polar surface area (TPSA) is 0 Å². The fraction of sp³-hybridized carbons (Fsp3) is 0. The normalized spacial score (nSPS) is 11.3. The predicted molar refractivity (Wildman–Crippen MR) is 84.0 cm³/mol. The highest BCUT2D eigenvalue weighted by Gasteiger charge is 2.23. The van der Waals surface area contributed by atoms with Gasteiger partial charge in [0.1, 0.15) is 0 Å². The third-order valence-electron chi connectivity index (χ3n) is 2.28. The molecule has 0 radical (unpaired) electrons. The lowest BCUT2D eigenvalue weighted by Crippen LogP contribution is -1.87.